The van der Waals surface area contributed by atoms with Crippen molar-refractivity contribution < 1.29 is 10.2 Å². The van der Waals surface area contributed by atoms with E-state index >= 15 is 0 Å². The van der Waals surface area contributed by atoms with Gasteiger partial charge < -0.3 is 15.1 Å². The van der Waals surface area contributed by atoms with Crippen LogP contribution in [0.5, 0.6) is 11.5 Å². The molecule has 2 rings (SSSR count). The Balaban J connectivity index is 2.52. The molecule has 0 radical (unpaired) electrons. The van der Waals surface area contributed by atoms with E-state index in [4.69, 9.17) is 0 Å². The van der Waals surface area contributed by atoms with Crippen LogP contribution in [-0.2, 0) is 0 Å². The fraction of sp³-hybridized carbons (Fsp3) is 0.250. The molecule has 0 bridgehead atoms. The molecule has 0 aliphatic rings. The molecule has 0 aromatic heterocycles. The smallest absolute Gasteiger partial charge is 0.121 e. The van der Waals surface area contributed by atoms with Crippen molar-refractivity contribution in [1.29, 1.82) is 0 Å². The quantitative estimate of drug-likeness (QED) is 0.860. The van der Waals surface area contributed by atoms with Gasteiger partial charge in [-0.25, -0.2) is 0 Å². The molecule has 0 saturated carbocycles. The zero-order valence-electron chi connectivity index (χ0n) is 11.7. The van der Waals surface area contributed by atoms with Gasteiger partial charge in [-0.05, 0) is 31.9 Å². The van der Waals surface area contributed by atoms with Crippen LogP contribution in [0, 0.1) is 20.8 Å². The predicted molar refractivity (Wildman–Crippen MR) is 78.5 cm³/mol. The lowest BCUT2D eigenvalue weighted by Gasteiger charge is -2.24. The summed E-state index contributed by atoms with van der Waals surface area (Å²) in [5.41, 5.74) is 5.42. The second kappa shape index (κ2) is 4.84. The predicted octanol–water partition coefficient (Wildman–Crippen LogP) is 3.79. The van der Waals surface area contributed by atoms with Gasteiger partial charge in [0.15, 0.2) is 0 Å². The number of phenolic OH excluding ortho intramolecular Hbond substituents is 2. The summed E-state index contributed by atoms with van der Waals surface area (Å²) in [5, 5.41) is 19.2. The third kappa shape index (κ3) is 2.65. The zero-order chi connectivity index (χ0) is 14.2. The van der Waals surface area contributed by atoms with Crippen LogP contribution in [0.1, 0.15) is 16.7 Å². The number of phenols is 2. The molecule has 19 heavy (non-hydrogen) atoms. The van der Waals surface area contributed by atoms with Crippen molar-refractivity contribution in [2.75, 3.05) is 11.9 Å². The Bertz CT molecular complexity index is 577. The Morgan fingerprint density at radius 2 is 1.26 bits per heavy atom. The van der Waals surface area contributed by atoms with Crippen LogP contribution < -0.4 is 4.90 Å². The first-order valence-electron chi connectivity index (χ1n) is 6.23. The summed E-state index contributed by atoms with van der Waals surface area (Å²) in [6, 6.07) is 8.85. The first-order valence-corrected chi connectivity index (χ1v) is 6.23. The van der Waals surface area contributed by atoms with Crippen molar-refractivity contribution in [3.05, 3.63) is 47.0 Å². The Hall–Kier alpha value is -2.16. The first-order chi connectivity index (χ1) is 8.88. The zero-order valence-corrected chi connectivity index (χ0v) is 11.7. The molecule has 0 unspecified atom stereocenters. The number of nitrogens with zero attached hydrogens (tertiary/aromatic N) is 1. The number of benzene rings is 2. The molecule has 0 aliphatic carbocycles. The normalized spacial score (nSPS) is 10.5. The van der Waals surface area contributed by atoms with Gasteiger partial charge in [0.1, 0.15) is 11.5 Å². The Morgan fingerprint density at radius 3 is 1.74 bits per heavy atom. The van der Waals surface area contributed by atoms with Gasteiger partial charge in [0.05, 0.1) is 0 Å². The van der Waals surface area contributed by atoms with E-state index in [0.29, 0.717) is 0 Å². The molecule has 0 atom stereocenters. The van der Waals surface area contributed by atoms with Crippen LogP contribution >= 0.6 is 0 Å². The molecule has 0 aliphatic heterocycles. The molecule has 2 aromatic rings. The molecule has 0 fully saturated rings. The fourth-order valence-electron chi connectivity index (χ4n) is 2.60. The van der Waals surface area contributed by atoms with Gasteiger partial charge >= 0.3 is 0 Å². The molecule has 0 amide bonds. The second-order valence-corrected chi connectivity index (χ2v) is 5.01. The third-order valence-corrected chi connectivity index (χ3v) is 3.25. The highest BCUT2D eigenvalue weighted by Gasteiger charge is 2.12. The van der Waals surface area contributed by atoms with E-state index in [1.165, 1.54) is 22.8 Å². The monoisotopic (exact) mass is 257 g/mol. The SMILES string of the molecule is Cc1cc(C)c(N(C)c2cc(O)cc(O)c2)c(C)c1. The van der Waals surface area contributed by atoms with Gasteiger partial charge in [-0.1, -0.05) is 17.7 Å². The molecule has 100 valence electrons. The summed E-state index contributed by atoms with van der Waals surface area (Å²) in [6.07, 6.45) is 0. The van der Waals surface area contributed by atoms with Gasteiger partial charge in [-0.15, -0.1) is 0 Å². The fourth-order valence-corrected chi connectivity index (χ4v) is 2.60. The molecular formula is C16H19NO2. The van der Waals surface area contributed by atoms with Crippen LogP contribution in [0.4, 0.5) is 11.4 Å². The number of hydrogen-bond donors (Lipinski definition) is 2. The van der Waals surface area contributed by atoms with Gasteiger partial charge in [-0.3, -0.25) is 0 Å². The minimum absolute atomic E-state index is 0.0595. The van der Waals surface area contributed by atoms with Crippen molar-refractivity contribution in [2.45, 2.75) is 20.8 Å². The van der Waals surface area contributed by atoms with E-state index in [0.717, 1.165) is 11.4 Å². The second-order valence-electron chi connectivity index (χ2n) is 5.01. The molecule has 0 spiro atoms. The average Bonchev–Trinajstić information content (AvgIpc) is 2.25. The summed E-state index contributed by atoms with van der Waals surface area (Å²) in [5.74, 6) is 0.119. The van der Waals surface area contributed by atoms with Gasteiger partial charge in [0.2, 0.25) is 0 Å². The van der Waals surface area contributed by atoms with E-state index in [1.807, 2.05) is 11.9 Å². The lowest BCUT2D eigenvalue weighted by molar-refractivity contribution is 0.451. The lowest BCUT2D eigenvalue weighted by atomic mass is 10.0. The van der Waals surface area contributed by atoms with Crippen molar-refractivity contribution in [3.8, 4) is 11.5 Å². The van der Waals surface area contributed by atoms with E-state index in [1.54, 1.807) is 12.1 Å². The number of rotatable bonds is 2. The van der Waals surface area contributed by atoms with Crippen molar-refractivity contribution >= 4 is 11.4 Å². The number of aromatic hydroxyl groups is 2. The summed E-state index contributed by atoms with van der Waals surface area (Å²) >= 11 is 0. The van der Waals surface area contributed by atoms with E-state index in [9.17, 15) is 10.2 Å². The molecule has 2 N–H and O–H groups in total. The van der Waals surface area contributed by atoms with Crippen molar-refractivity contribution in [1.82, 2.24) is 0 Å². The third-order valence-electron chi connectivity index (χ3n) is 3.25. The Morgan fingerprint density at radius 1 is 0.789 bits per heavy atom. The highest BCUT2D eigenvalue weighted by Crippen LogP contribution is 2.34. The van der Waals surface area contributed by atoms with Gasteiger partial charge in [0.25, 0.3) is 0 Å². The van der Waals surface area contributed by atoms with Crippen LogP contribution in [-0.4, -0.2) is 17.3 Å². The maximum atomic E-state index is 9.59. The summed E-state index contributed by atoms with van der Waals surface area (Å²) in [6.45, 7) is 6.20. The van der Waals surface area contributed by atoms with E-state index < -0.39 is 0 Å². The van der Waals surface area contributed by atoms with Gasteiger partial charge in [-0.2, -0.15) is 0 Å². The largest absolute Gasteiger partial charge is 0.508 e. The van der Waals surface area contributed by atoms with E-state index in [2.05, 4.69) is 32.9 Å². The lowest BCUT2D eigenvalue weighted by Crippen LogP contribution is -2.12. The molecular weight excluding hydrogens is 238 g/mol. The Kier molecular flexibility index (Phi) is 3.38. The van der Waals surface area contributed by atoms with E-state index in [-0.39, 0.29) is 11.5 Å². The van der Waals surface area contributed by atoms with Crippen LogP contribution in [0.3, 0.4) is 0 Å². The minimum Gasteiger partial charge on any atom is -0.508 e. The molecule has 2 aromatic carbocycles. The van der Waals surface area contributed by atoms with Crippen LogP contribution in [0.2, 0.25) is 0 Å². The molecule has 0 saturated heterocycles. The summed E-state index contributed by atoms with van der Waals surface area (Å²) in [7, 11) is 1.93. The Labute approximate surface area is 113 Å². The molecule has 3 nitrogen and oxygen atoms in total. The molecule has 3 heteroatoms. The van der Waals surface area contributed by atoms with Crippen LogP contribution in [0.25, 0.3) is 0 Å². The summed E-state index contributed by atoms with van der Waals surface area (Å²) < 4.78 is 0. The number of anilines is 2. The minimum atomic E-state index is 0.0595. The highest BCUT2D eigenvalue weighted by molar-refractivity contribution is 5.71. The number of hydrogen-bond acceptors (Lipinski definition) is 3. The average molecular weight is 257 g/mol. The first kappa shape index (κ1) is 13.3. The number of aryl methyl sites for hydroxylation is 3. The van der Waals surface area contributed by atoms with Crippen molar-refractivity contribution in [2.24, 2.45) is 0 Å². The maximum Gasteiger partial charge on any atom is 0.121 e. The topological polar surface area (TPSA) is 43.7 Å². The standard InChI is InChI=1S/C16H19NO2/c1-10-5-11(2)16(12(3)6-10)17(4)13-7-14(18)9-15(19)8-13/h5-9,18-19H,1-4H3. The summed E-state index contributed by atoms with van der Waals surface area (Å²) in [4.78, 5) is 1.98. The van der Waals surface area contributed by atoms with Gasteiger partial charge in [0, 0.05) is 36.6 Å². The van der Waals surface area contributed by atoms with Crippen molar-refractivity contribution in [3.63, 3.8) is 0 Å². The molecule has 0 heterocycles. The van der Waals surface area contributed by atoms with Crippen LogP contribution in [0.15, 0.2) is 30.3 Å². The highest BCUT2D eigenvalue weighted by atomic mass is 16.3. The maximum absolute atomic E-state index is 9.59.